The van der Waals surface area contributed by atoms with E-state index < -0.39 is 12.0 Å². The van der Waals surface area contributed by atoms with Crippen molar-refractivity contribution in [2.45, 2.75) is 44.7 Å². The van der Waals surface area contributed by atoms with E-state index in [1.54, 1.807) is 18.9 Å². The van der Waals surface area contributed by atoms with Gasteiger partial charge in [0.05, 0.1) is 7.11 Å². The van der Waals surface area contributed by atoms with Crippen LogP contribution in [0.4, 0.5) is 0 Å². The fraction of sp³-hybridized carbons (Fsp3) is 0.229. The van der Waals surface area contributed by atoms with Gasteiger partial charge in [-0.05, 0) is 74.4 Å². The number of hydroxylamine groups is 1. The number of fused-ring (bicyclic) bond motifs is 3. The van der Waals surface area contributed by atoms with Gasteiger partial charge in [0.25, 0.3) is 0 Å². The topological polar surface area (TPSA) is 86.6 Å². The van der Waals surface area contributed by atoms with E-state index in [4.69, 9.17) is 9.57 Å². The van der Waals surface area contributed by atoms with Crippen LogP contribution in [0.2, 0.25) is 0 Å². The second-order valence-corrected chi connectivity index (χ2v) is 11.4. The molecule has 0 saturated heterocycles. The molecular formula is C35H34N2O5S. The van der Waals surface area contributed by atoms with E-state index in [9.17, 15) is 14.4 Å². The van der Waals surface area contributed by atoms with Crippen LogP contribution in [-0.2, 0) is 16.2 Å². The number of ether oxygens (including phenoxy) is 1. The van der Waals surface area contributed by atoms with Crippen LogP contribution in [0, 0.1) is 6.92 Å². The first-order valence-corrected chi connectivity index (χ1v) is 15.2. The molecule has 0 aliphatic heterocycles. The first-order chi connectivity index (χ1) is 20.8. The minimum absolute atomic E-state index is 0.0391. The van der Waals surface area contributed by atoms with Crippen molar-refractivity contribution in [1.82, 2.24) is 10.0 Å². The van der Waals surface area contributed by atoms with Crippen molar-refractivity contribution in [3.8, 4) is 5.75 Å². The third-order valence-corrected chi connectivity index (χ3v) is 8.60. The number of Topliss-reactive ketones (excluding diaryl/α,β-unsaturated/α-hetero) is 1. The molecule has 7 nitrogen and oxygen atoms in total. The number of hydrogen-bond donors (Lipinski definition) is 1. The standard InChI is InChI=1S/C35H34N2O5S/c1-5-37-30-16-14-24(34(39)26-11-7-6-10-22(26)2)20-27(30)28-21-25(15-17-31(28)37)35(40)29(36-42-23(3)38)18-19-43-33-13-9-8-12-32(33)41-4/h6-17,20-21,29,36H,5,18-19H2,1-4H3. The van der Waals surface area contributed by atoms with Crippen molar-refractivity contribution >= 4 is 51.1 Å². The normalized spacial score (nSPS) is 11.9. The Labute approximate surface area is 255 Å². The maximum atomic E-state index is 13.8. The molecule has 0 saturated carbocycles. The van der Waals surface area contributed by atoms with Crippen molar-refractivity contribution in [2.75, 3.05) is 12.9 Å². The molecule has 220 valence electrons. The molecule has 5 rings (SSSR count). The second-order valence-electron chi connectivity index (χ2n) is 10.3. The van der Waals surface area contributed by atoms with E-state index in [0.29, 0.717) is 28.9 Å². The number of hydrogen-bond acceptors (Lipinski definition) is 7. The van der Waals surface area contributed by atoms with Crippen molar-refractivity contribution in [3.05, 3.63) is 107 Å². The highest BCUT2D eigenvalue weighted by atomic mass is 32.2. The monoisotopic (exact) mass is 594 g/mol. The molecule has 0 bridgehead atoms. The van der Waals surface area contributed by atoms with Crippen molar-refractivity contribution in [2.24, 2.45) is 0 Å². The predicted molar refractivity (Wildman–Crippen MR) is 171 cm³/mol. The fourth-order valence-electron chi connectivity index (χ4n) is 5.35. The molecule has 5 aromatic rings. The molecule has 43 heavy (non-hydrogen) atoms. The van der Waals surface area contributed by atoms with Gasteiger partial charge in [0.1, 0.15) is 11.8 Å². The Kier molecular flexibility index (Phi) is 9.28. The van der Waals surface area contributed by atoms with Gasteiger partial charge >= 0.3 is 5.97 Å². The quantitative estimate of drug-likeness (QED) is 0.0931. The van der Waals surface area contributed by atoms with Gasteiger partial charge in [0, 0.05) is 62.6 Å². The highest BCUT2D eigenvalue weighted by Crippen LogP contribution is 2.33. The molecule has 1 heterocycles. The number of nitrogens with one attached hydrogen (secondary N) is 1. The molecule has 1 unspecified atom stereocenters. The number of benzene rings is 4. The number of para-hydroxylation sites is 1. The van der Waals surface area contributed by atoms with Gasteiger partial charge in [-0.1, -0.05) is 36.4 Å². The zero-order valence-electron chi connectivity index (χ0n) is 24.7. The average molecular weight is 595 g/mol. The smallest absolute Gasteiger partial charge is 0.321 e. The van der Waals surface area contributed by atoms with E-state index in [-0.39, 0.29) is 11.6 Å². The van der Waals surface area contributed by atoms with Crippen LogP contribution in [-0.4, -0.2) is 41.0 Å². The molecule has 0 spiro atoms. The molecule has 0 radical (unpaired) electrons. The summed E-state index contributed by atoms with van der Waals surface area (Å²) in [7, 11) is 1.63. The first-order valence-electron chi connectivity index (χ1n) is 14.2. The van der Waals surface area contributed by atoms with Crippen molar-refractivity contribution in [1.29, 1.82) is 0 Å². The van der Waals surface area contributed by atoms with Gasteiger partial charge in [0.15, 0.2) is 11.6 Å². The summed E-state index contributed by atoms with van der Waals surface area (Å²) in [5, 5.41) is 1.79. The number of aromatic nitrogens is 1. The molecule has 4 aromatic carbocycles. The summed E-state index contributed by atoms with van der Waals surface area (Å²) in [4.78, 5) is 44.9. The zero-order valence-corrected chi connectivity index (χ0v) is 25.5. The fourth-order valence-corrected chi connectivity index (χ4v) is 6.39. The van der Waals surface area contributed by atoms with Crippen LogP contribution < -0.4 is 10.2 Å². The van der Waals surface area contributed by atoms with Crippen molar-refractivity contribution in [3.63, 3.8) is 0 Å². The Hall–Kier alpha value is -4.40. The van der Waals surface area contributed by atoms with Gasteiger partial charge in [-0.3, -0.25) is 14.4 Å². The number of carbonyl (C=O) groups excluding carboxylic acids is 3. The minimum Gasteiger partial charge on any atom is -0.496 e. The van der Waals surface area contributed by atoms with Crippen LogP contribution in [0.3, 0.4) is 0 Å². The molecule has 1 atom stereocenters. The van der Waals surface area contributed by atoms with Crippen LogP contribution in [0.5, 0.6) is 5.75 Å². The summed E-state index contributed by atoms with van der Waals surface area (Å²) in [5.74, 6) is 0.604. The molecule has 1 aromatic heterocycles. The van der Waals surface area contributed by atoms with Crippen LogP contribution in [0.15, 0.2) is 89.8 Å². The van der Waals surface area contributed by atoms with Crippen LogP contribution in [0.25, 0.3) is 21.8 Å². The number of ketones is 2. The number of aryl methyl sites for hydroxylation is 2. The highest BCUT2D eigenvalue weighted by molar-refractivity contribution is 7.99. The summed E-state index contributed by atoms with van der Waals surface area (Å²) in [6.45, 7) is 6.03. The average Bonchev–Trinajstić information content (AvgIpc) is 3.34. The van der Waals surface area contributed by atoms with Gasteiger partial charge in [-0.25, -0.2) is 0 Å². The van der Waals surface area contributed by atoms with Crippen LogP contribution >= 0.6 is 11.8 Å². The number of rotatable bonds is 12. The number of thioether (sulfide) groups is 1. The third kappa shape index (κ3) is 6.35. The maximum Gasteiger partial charge on any atom is 0.321 e. The van der Waals surface area contributed by atoms with Gasteiger partial charge in [-0.2, -0.15) is 0 Å². The van der Waals surface area contributed by atoms with E-state index in [0.717, 1.165) is 44.6 Å². The van der Waals surface area contributed by atoms with E-state index in [1.807, 2.05) is 91.9 Å². The lowest BCUT2D eigenvalue weighted by Gasteiger charge is -2.17. The first kappa shape index (κ1) is 30.1. The van der Waals surface area contributed by atoms with E-state index >= 15 is 0 Å². The molecule has 0 aliphatic carbocycles. The van der Waals surface area contributed by atoms with Crippen molar-refractivity contribution < 1.29 is 24.0 Å². The minimum atomic E-state index is -0.749. The lowest BCUT2D eigenvalue weighted by molar-refractivity contribution is -0.149. The number of carbonyl (C=O) groups is 3. The number of methoxy groups -OCH3 is 1. The lowest BCUT2D eigenvalue weighted by Crippen LogP contribution is -2.38. The van der Waals surface area contributed by atoms with Gasteiger partial charge < -0.3 is 14.1 Å². The Morgan fingerprint density at radius 1 is 0.884 bits per heavy atom. The van der Waals surface area contributed by atoms with E-state index in [2.05, 4.69) is 17.0 Å². The highest BCUT2D eigenvalue weighted by Gasteiger charge is 2.23. The number of nitrogens with zero attached hydrogens (tertiary/aromatic N) is 1. The Morgan fingerprint density at radius 3 is 2.21 bits per heavy atom. The Bertz CT molecular complexity index is 1830. The van der Waals surface area contributed by atoms with Gasteiger partial charge in [-0.15, -0.1) is 17.2 Å². The van der Waals surface area contributed by atoms with E-state index in [1.165, 1.54) is 6.92 Å². The zero-order chi connectivity index (χ0) is 30.5. The summed E-state index contributed by atoms with van der Waals surface area (Å²) < 4.78 is 7.62. The summed E-state index contributed by atoms with van der Waals surface area (Å²) in [6, 6.07) is 25.9. The summed E-state index contributed by atoms with van der Waals surface area (Å²) >= 11 is 1.57. The lowest BCUT2D eigenvalue weighted by atomic mass is 9.97. The summed E-state index contributed by atoms with van der Waals surface area (Å²) in [6.07, 6.45) is 0.415. The maximum absolute atomic E-state index is 13.8. The largest absolute Gasteiger partial charge is 0.496 e. The predicted octanol–water partition coefficient (Wildman–Crippen LogP) is 7.16. The SMILES string of the molecule is CCn1c2ccc(C(=O)c3ccccc3C)cc2c2cc(C(=O)C(CCSc3ccccc3OC)NOC(C)=O)ccc21. The molecule has 8 heteroatoms. The second kappa shape index (κ2) is 13.3. The Morgan fingerprint density at radius 2 is 1.53 bits per heavy atom. The summed E-state index contributed by atoms with van der Waals surface area (Å²) in [5.41, 5.74) is 7.33. The van der Waals surface area contributed by atoms with Gasteiger partial charge in [0.2, 0.25) is 0 Å². The molecule has 1 N–H and O–H groups in total. The van der Waals surface area contributed by atoms with Crippen LogP contribution in [0.1, 0.15) is 52.1 Å². The molecular weight excluding hydrogens is 560 g/mol. The molecule has 0 fully saturated rings. The molecule has 0 aliphatic rings. The Balaban J connectivity index is 1.48. The third-order valence-electron chi connectivity index (χ3n) is 7.51. The molecule has 0 amide bonds.